The molecular formula is C19H19F2N3O2. The molecule has 1 atom stereocenters. The van der Waals surface area contributed by atoms with Crippen LogP contribution in [0.5, 0.6) is 5.75 Å². The van der Waals surface area contributed by atoms with Crippen molar-refractivity contribution in [2.45, 2.75) is 25.9 Å². The molecule has 136 valence electrons. The minimum atomic E-state index is -1.01. The summed E-state index contributed by atoms with van der Waals surface area (Å²) in [5.41, 5.74) is 1.90. The van der Waals surface area contributed by atoms with Gasteiger partial charge in [-0.2, -0.15) is 0 Å². The summed E-state index contributed by atoms with van der Waals surface area (Å²) in [7, 11) is 0. The Balaban J connectivity index is 1.43. The van der Waals surface area contributed by atoms with Gasteiger partial charge < -0.3 is 15.0 Å². The number of halogens is 2. The second-order valence-electron chi connectivity index (χ2n) is 5.93. The van der Waals surface area contributed by atoms with E-state index in [1.807, 2.05) is 24.3 Å². The van der Waals surface area contributed by atoms with Crippen molar-refractivity contribution < 1.29 is 18.3 Å². The van der Waals surface area contributed by atoms with Gasteiger partial charge in [0, 0.05) is 19.0 Å². The minimum Gasteiger partial charge on any atom is -0.481 e. The number of aromatic amines is 1. The fraction of sp³-hybridized carbons (Fsp3) is 0.263. The maximum Gasteiger partial charge on any atom is 0.260 e. The van der Waals surface area contributed by atoms with E-state index in [4.69, 9.17) is 4.74 Å². The summed E-state index contributed by atoms with van der Waals surface area (Å²) in [6, 6.07) is 10.9. The van der Waals surface area contributed by atoms with Crippen LogP contribution in [-0.2, 0) is 11.2 Å². The van der Waals surface area contributed by atoms with E-state index in [1.54, 1.807) is 6.92 Å². The average molecular weight is 359 g/mol. The molecule has 5 nitrogen and oxygen atoms in total. The van der Waals surface area contributed by atoms with Gasteiger partial charge in [0.2, 0.25) is 0 Å². The molecule has 1 unspecified atom stereocenters. The predicted octanol–water partition coefficient (Wildman–Crippen LogP) is 3.36. The van der Waals surface area contributed by atoms with E-state index in [1.165, 1.54) is 6.07 Å². The van der Waals surface area contributed by atoms with Gasteiger partial charge in [-0.1, -0.05) is 12.1 Å². The summed E-state index contributed by atoms with van der Waals surface area (Å²) in [6.45, 7) is 2.01. The molecule has 7 heteroatoms. The molecule has 2 N–H and O–H groups in total. The first-order valence-electron chi connectivity index (χ1n) is 8.36. The Morgan fingerprint density at radius 3 is 2.81 bits per heavy atom. The molecule has 0 saturated heterocycles. The summed E-state index contributed by atoms with van der Waals surface area (Å²) < 4.78 is 31.4. The number of H-pyrrole nitrogens is 1. The second kappa shape index (κ2) is 7.95. The number of amides is 1. The van der Waals surface area contributed by atoms with E-state index in [0.717, 1.165) is 29.0 Å². The van der Waals surface area contributed by atoms with Crippen LogP contribution in [0.1, 0.15) is 19.2 Å². The standard InChI is InChI=1S/C19H19F2N3O2/c1-12(26-13-8-9-14(20)15(21)11-13)19(25)22-10-4-7-18-23-16-5-2-3-6-17(16)24-18/h2-3,5-6,8-9,11-12H,4,7,10H2,1H3,(H,22,25)(H,23,24). The summed E-state index contributed by atoms with van der Waals surface area (Å²) in [6.07, 6.45) is 0.600. The van der Waals surface area contributed by atoms with E-state index in [-0.39, 0.29) is 11.7 Å². The monoisotopic (exact) mass is 359 g/mol. The molecular weight excluding hydrogens is 340 g/mol. The summed E-state index contributed by atoms with van der Waals surface area (Å²) in [5, 5.41) is 2.76. The largest absolute Gasteiger partial charge is 0.481 e. The number of fused-ring (bicyclic) bond motifs is 1. The van der Waals surface area contributed by atoms with Crippen molar-refractivity contribution in [2.24, 2.45) is 0 Å². The van der Waals surface area contributed by atoms with Crippen LogP contribution in [-0.4, -0.2) is 28.5 Å². The molecule has 1 aromatic heterocycles. The van der Waals surface area contributed by atoms with Gasteiger partial charge in [0.15, 0.2) is 17.7 Å². The van der Waals surface area contributed by atoms with Crippen molar-refractivity contribution in [3.05, 3.63) is 59.9 Å². The highest BCUT2D eigenvalue weighted by atomic mass is 19.2. The van der Waals surface area contributed by atoms with E-state index in [0.29, 0.717) is 19.4 Å². The number of ether oxygens (including phenoxy) is 1. The number of hydrogen-bond acceptors (Lipinski definition) is 3. The SMILES string of the molecule is CC(Oc1ccc(F)c(F)c1)C(=O)NCCCc1nc2ccccc2[nH]1. The molecule has 0 radical (unpaired) electrons. The third-order valence-electron chi connectivity index (χ3n) is 3.90. The number of nitrogens with zero attached hydrogens (tertiary/aromatic N) is 1. The lowest BCUT2D eigenvalue weighted by molar-refractivity contribution is -0.127. The van der Waals surface area contributed by atoms with Crippen molar-refractivity contribution in [1.82, 2.24) is 15.3 Å². The van der Waals surface area contributed by atoms with Gasteiger partial charge in [-0.15, -0.1) is 0 Å². The molecule has 0 saturated carbocycles. The first-order chi connectivity index (χ1) is 12.5. The molecule has 0 aliphatic heterocycles. The van der Waals surface area contributed by atoms with Gasteiger partial charge in [-0.05, 0) is 37.6 Å². The van der Waals surface area contributed by atoms with Crippen molar-refractivity contribution in [3.8, 4) is 5.75 Å². The molecule has 1 amide bonds. The molecule has 26 heavy (non-hydrogen) atoms. The number of para-hydroxylation sites is 2. The Morgan fingerprint density at radius 1 is 1.23 bits per heavy atom. The molecule has 2 aromatic carbocycles. The summed E-state index contributed by atoms with van der Waals surface area (Å²) >= 11 is 0. The Bertz CT molecular complexity index is 878. The molecule has 0 bridgehead atoms. The lowest BCUT2D eigenvalue weighted by atomic mass is 10.3. The number of hydrogen-bond donors (Lipinski definition) is 2. The molecule has 0 aliphatic carbocycles. The van der Waals surface area contributed by atoms with E-state index in [2.05, 4.69) is 15.3 Å². The van der Waals surface area contributed by atoms with Crippen molar-refractivity contribution in [2.75, 3.05) is 6.54 Å². The second-order valence-corrected chi connectivity index (χ2v) is 5.93. The van der Waals surface area contributed by atoms with Crippen molar-refractivity contribution in [1.29, 1.82) is 0 Å². The van der Waals surface area contributed by atoms with Crippen LogP contribution in [0.2, 0.25) is 0 Å². The number of benzene rings is 2. The molecule has 0 fully saturated rings. The zero-order valence-corrected chi connectivity index (χ0v) is 14.3. The summed E-state index contributed by atoms with van der Waals surface area (Å²) in [5.74, 6) is -1.32. The number of carbonyl (C=O) groups is 1. The zero-order valence-electron chi connectivity index (χ0n) is 14.3. The topological polar surface area (TPSA) is 67.0 Å². The number of imidazole rings is 1. The summed E-state index contributed by atoms with van der Waals surface area (Å²) in [4.78, 5) is 19.7. The molecule has 3 aromatic rings. The Labute approximate surface area is 149 Å². The van der Waals surface area contributed by atoms with Gasteiger partial charge in [0.25, 0.3) is 5.91 Å². The Morgan fingerprint density at radius 2 is 2.04 bits per heavy atom. The van der Waals surface area contributed by atoms with Crippen LogP contribution >= 0.6 is 0 Å². The number of aryl methyl sites for hydroxylation is 1. The van der Waals surface area contributed by atoms with Crippen LogP contribution < -0.4 is 10.1 Å². The van der Waals surface area contributed by atoms with Crippen molar-refractivity contribution in [3.63, 3.8) is 0 Å². The fourth-order valence-corrected chi connectivity index (χ4v) is 2.54. The van der Waals surface area contributed by atoms with Gasteiger partial charge in [-0.3, -0.25) is 4.79 Å². The Hall–Kier alpha value is -2.96. The zero-order chi connectivity index (χ0) is 18.5. The predicted molar refractivity (Wildman–Crippen MR) is 93.9 cm³/mol. The lowest BCUT2D eigenvalue weighted by Gasteiger charge is -2.14. The quantitative estimate of drug-likeness (QED) is 0.636. The highest BCUT2D eigenvalue weighted by Crippen LogP contribution is 2.17. The van der Waals surface area contributed by atoms with Crippen LogP contribution in [0.3, 0.4) is 0 Å². The highest BCUT2D eigenvalue weighted by molar-refractivity contribution is 5.80. The molecule has 1 heterocycles. The average Bonchev–Trinajstić information content (AvgIpc) is 3.04. The molecule has 0 spiro atoms. The van der Waals surface area contributed by atoms with E-state index >= 15 is 0 Å². The number of rotatable bonds is 7. The van der Waals surface area contributed by atoms with Crippen molar-refractivity contribution >= 4 is 16.9 Å². The van der Waals surface area contributed by atoms with Gasteiger partial charge in [-0.25, -0.2) is 13.8 Å². The first kappa shape index (κ1) is 17.8. The molecule has 3 rings (SSSR count). The van der Waals surface area contributed by atoms with E-state index < -0.39 is 17.7 Å². The molecule has 0 aliphatic rings. The maximum absolute atomic E-state index is 13.2. The normalized spacial score (nSPS) is 12.1. The van der Waals surface area contributed by atoms with Crippen LogP contribution in [0.15, 0.2) is 42.5 Å². The van der Waals surface area contributed by atoms with Gasteiger partial charge >= 0.3 is 0 Å². The minimum absolute atomic E-state index is 0.105. The number of nitrogens with one attached hydrogen (secondary N) is 2. The van der Waals surface area contributed by atoms with E-state index in [9.17, 15) is 13.6 Å². The van der Waals surface area contributed by atoms with Gasteiger partial charge in [0.1, 0.15) is 11.6 Å². The lowest BCUT2D eigenvalue weighted by Crippen LogP contribution is -2.37. The third-order valence-corrected chi connectivity index (χ3v) is 3.90. The first-order valence-corrected chi connectivity index (χ1v) is 8.36. The maximum atomic E-state index is 13.2. The van der Waals surface area contributed by atoms with Crippen LogP contribution in [0.4, 0.5) is 8.78 Å². The highest BCUT2D eigenvalue weighted by Gasteiger charge is 2.15. The smallest absolute Gasteiger partial charge is 0.260 e. The fourth-order valence-electron chi connectivity index (χ4n) is 2.54. The third kappa shape index (κ3) is 4.36. The van der Waals surface area contributed by atoms with Crippen LogP contribution in [0, 0.1) is 11.6 Å². The number of carbonyl (C=O) groups excluding carboxylic acids is 1. The Kier molecular flexibility index (Phi) is 5.46. The number of aromatic nitrogens is 2. The van der Waals surface area contributed by atoms with Crippen LogP contribution in [0.25, 0.3) is 11.0 Å². The van der Waals surface area contributed by atoms with Gasteiger partial charge in [0.05, 0.1) is 11.0 Å².